The van der Waals surface area contributed by atoms with Gasteiger partial charge in [-0.1, -0.05) is 13.8 Å². The summed E-state index contributed by atoms with van der Waals surface area (Å²) in [6.45, 7) is 4.50. The predicted octanol–water partition coefficient (Wildman–Crippen LogP) is 1.09. The van der Waals surface area contributed by atoms with Crippen LogP contribution in [0.1, 0.15) is 37.2 Å². The lowest BCUT2D eigenvalue weighted by molar-refractivity contribution is 0.0887. The topological polar surface area (TPSA) is 72.9 Å². The zero-order chi connectivity index (χ0) is 12.2. The number of aromatic nitrogens is 2. The number of imidazole rings is 1. The number of nitrogens with zero attached hydrogens (tertiary/aromatic N) is 2. The highest BCUT2D eigenvalue weighted by Crippen LogP contribution is 2.14. The van der Waals surface area contributed by atoms with Gasteiger partial charge in [-0.15, -0.1) is 12.4 Å². The average Bonchev–Trinajstić information content (AvgIpc) is 2.72. The number of rotatable bonds is 5. The Morgan fingerprint density at radius 2 is 2.12 bits per heavy atom. The van der Waals surface area contributed by atoms with Crippen LogP contribution in [0.5, 0.6) is 0 Å². The van der Waals surface area contributed by atoms with E-state index < -0.39 is 0 Å². The molecule has 0 saturated heterocycles. The predicted molar refractivity (Wildman–Crippen MR) is 70.3 cm³/mol. The van der Waals surface area contributed by atoms with Crippen molar-refractivity contribution in [2.45, 2.75) is 32.2 Å². The molecule has 1 aromatic heterocycles. The monoisotopic (exact) mass is 260 g/mol. The third kappa shape index (κ3) is 3.44. The summed E-state index contributed by atoms with van der Waals surface area (Å²) in [6, 6.07) is 0. The number of carbonyl (C=O) groups is 1. The van der Waals surface area contributed by atoms with Crippen molar-refractivity contribution >= 4 is 18.3 Å². The van der Waals surface area contributed by atoms with Gasteiger partial charge in [-0.3, -0.25) is 4.79 Å². The number of aryl methyl sites for hydroxylation is 1. The number of nitrogens with one attached hydrogen (secondary N) is 1. The second-order valence-electron chi connectivity index (χ2n) is 4.04. The van der Waals surface area contributed by atoms with Crippen molar-refractivity contribution in [1.82, 2.24) is 14.9 Å². The fourth-order valence-corrected chi connectivity index (χ4v) is 1.65. The first-order chi connectivity index (χ1) is 7.58. The Morgan fingerprint density at radius 3 is 2.47 bits per heavy atom. The molecule has 0 fully saturated rings. The maximum atomic E-state index is 12.0. The van der Waals surface area contributed by atoms with E-state index in [0.29, 0.717) is 12.2 Å². The molecule has 0 aromatic carbocycles. The molecular formula is C11H21ClN4O. The van der Waals surface area contributed by atoms with Crippen LogP contribution in [0.2, 0.25) is 0 Å². The number of amides is 1. The van der Waals surface area contributed by atoms with Crippen LogP contribution in [0.15, 0.2) is 12.5 Å². The zero-order valence-electron chi connectivity index (χ0n) is 10.6. The highest BCUT2D eigenvalue weighted by Gasteiger charge is 2.27. The van der Waals surface area contributed by atoms with E-state index in [4.69, 9.17) is 5.73 Å². The van der Waals surface area contributed by atoms with Gasteiger partial charge >= 0.3 is 0 Å². The van der Waals surface area contributed by atoms with Crippen molar-refractivity contribution in [3.8, 4) is 0 Å². The van der Waals surface area contributed by atoms with Crippen LogP contribution < -0.4 is 11.1 Å². The molecule has 6 heteroatoms. The number of halogens is 1. The second-order valence-corrected chi connectivity index (χ2v) is 4.04. The van der Waals surface area contributed by atoms with E-state index in [9.17, 15) is 4.79 Å². The summed E-state index contributed by atoms with van der Waals surface area (Å²) in [5.41, 5.74) is 5.98. The number of hydrogen-bond donors (Lipinski definition) is 2. The zero-order valence-corrected chi connectivity index (χ0v) is 11.4. The van der Waals surface area contributed by atoms with E-state index in [1.807, 2.05) is 13.8 Å². The van der Waals surface area contributed by atoms with Crippen LogP contribution in [-0.2, 0) is 7.05 Å². The molecule has 0 unspecified atom stereocenters. The van der Waals surface area contributed by atoms with E-state index in [0.717, 1.165) is 12.8 Å². The number of carbonyl (C=O) groups excluding carboxylic acids is 1. The van der Waals surface area contributed by atoms with E-state index in [1.54, 1.807) is 24.1 Å². The molecular weight excluding hydrogens is 240 g/mol. The van der Waals surface area contributed by atoms with Gasteiger partial charge in [0.1, 0.15) is 5.69 Å². The average molecular weight is 261 g/mol. The molecule has 3 N–H and O–H groups in total. The summed E-state index contributed by atoms with van der Waals surface area (Å²) in [5.74, 6) is -0.117. The molecule has 0 spiro atoms. The fourth-order valence-electron chi connectivity index (χ4n) is 1.65. The summed E-state index contributed by atoms with van der Waals surface area (Å²) < 4.78 is 1.70. The molecule has 1 heterocycles. The number of hydrogen-bond acceptors (Lipinski definition) is 3. The molecule has 1 rings (SSSR count). The summed E-state index contributed by atoms with van der Waals surface area (Å²) in [4.78, 5) is 15.9. The van der Waals surface area contributed by atoms with Crippen LogP contribution >= 0.6 is 12.4 Å². The van der Waals surface area contributed by atoms with Gasteiger partial charge in [-0.25, -0.2) is 4.98 Å². The smallest absolute Gasteiger partial charge is 0.270 e. The molecule has 98 valence electrons. The van der Waals surface area contributed by atoms with Gasteiger partial charge in [-0.05, 0) is 12.8 Å². The maximum Gasteiger partial charge on any atom is 0.270 e. The molecule has 0 aliphatic heterocycles. The maximum absolute atomic E-state index is 12.0. The first-order valence-electron chi connectivity index (χ1n) is 5.57. The van der Waals surface area contributed by atoms with Gasteiger partial charge < -0.3 is 15.6 Å². The Labute approximate surface area is 108 Å². The minimum Gasteiger partial charge on any atom is -0.344 e. The van der Waals surface area contributed by atoms with E-state index in [2.05, 4.69) is 10.3 Å². The third-order valence-electron chi connectivity index (χ3n) is 3.17. The van der Waals surface area contributed by atoms with E-state index >= 15 is 0 Å². The van der Waals surface area contributed by atoms with Crippen LogP contribution in [0.3, 0.4) is 0 Å². The molecule has 0 saturated carbocycles. The van der Waals surface area contributed by atoms with Gasteiger partial charge in [0.15, 0.2) is 0 Å². The fraction of sp³-hybridized carbons (Fsp3) is 0.636. The quantitative estimate of drug-likeness (QED) is 0.832. The molecule has 0 aliphatic rings. The lowest BCUT2D eigenvalue weighted by atomic mass is 9.93. The molecule has 5 nitrogen and oxygen atoms in total. The first kappa shape index (κ1) is 15.9. The largest absolute Gasteiger partial charge is 0.344 e. The summed E-state index contributed by atoms with van der Waals surface area (Å²) in [5, 5.41) is 3.00. The van der Waals surface area contributed by atoms with Crippen molar-refractivity contribution < 1.29 is 4.79 Å². The molecule has 0 bridgehead atoms. The highest BCUT2D eigenvalue weighted by molar-refractivity contribution is 5.92. The van der Waals surface area contributed by atoms with Crippen LogP contribution in [0.25, 0.3) is 0 Å². The Bertz CT molecular complexity index is 352. The number of nitrogens with two attached hydrogens (primary N) is 1. The SMILES string of the molecule is CCC(CC)(CN)NC(=O)c1cncn1C.Cl. The normalized spacial score (nSPS) is 10.8. The van der Waals surface area contributed by atoms with Crippen LogP contribution in [-0.4, -0.2) is 27.5 Å². The Kier molecular flexibility index (Phi) is 6.20. The third-order valence-corrected chi connectivity index (χ3v) is 3.17. The van der Waals surface area contributed by atoms with E-state index in [-0.39, 0.29) is 23.9 Å². The lowest BCUT2D eigenvalue weighted by Crippen LogP contribution is -2.53. The van der Waals surface area contributed by atoms with Crippen molar-refractivity contribution in [2.75, 3.05) is 6.54 Å². The highest BCUT2D eigenvalue weighted by atomic mass is 35.5. The lowest BCUT2D eigenvalue weighted by Gasteiger charge is -2.31. The van der Waals surface area contributed by atoms with E-state index in [1.165, 1.54) is 0 Å². The standard InChI is InChI=1S/C11H20N4O.ClH/c1-4-11(5-2,7-12)14-10(16)9-6-13-8-15(9)3;/h6,8H,4-5,7,12H2,1-3H3,(H,14,16);1H. The van der Waals surface area contributed by atoms with Crippen LogP contribution in [0, 0.1) is 0 Å². The van der Waals surface area contributed by atoms with Gasteiger partial charge in [0.2, 0.25) is 0 Å². The van der Waals surface area contributed by atoms with Gasteiger partial charge in [0.05, 0.1) is 18.1 Å². The molecule has 0 aliphatic carbocycles. The van der Waals surface area contributed by atoms with Gasteiger partial charge in [0, 0.05) is 13.6 Å². The summed E-state index contributed by atoms with van der Waals surface area (Å²) in [6.07, 6.45) is 4.81. The minimum atomic E-state index is -0.304. The van der Waals surface area contributed by atoms with Crippen molar-refractivity contribution in [1.29, 1.82) is 0 Å². The molecule has 0 radical (unpaired) electrons. The summed E-state index contributed by atoms with van der Waals surface area (Å²) in [7, 11) is 1.80. The van der Waals surface area contributed by atoms with Crippen molar-refractivity contribution in [3.63, 3.8) is 0 Å². The van der Waals surface area contributed by atoms with Gasteiger partial charge in [-0.2, -0.15) is 0 Å². The van der Waals surface area contributed by atoms with Crippen LogP contribution in [0.4, 0.5) is 0 Å². The summed E-state index contributed by atoms with van der Waals surface area (Å²) >= 11 is 0. The molecule has 17 heavy (non-hydrogen) atoms. The Morgan fingerprint density at radius 1 is 1.53 bits per heavy atom. The molecule has 1 amide bonds. The minimum absolute atomic E-state index is 0. The van der Waals surface area contributed by atoms with Gasteiger partial charge in [0.25, 0.3) is 5.91 Å². The Balaban J connectivity index is 0.00000256. The van der Waals surface area contributed by atoms with Crippen molar-refractivity contribution in [2.24, 2.45) is 12.8 Å². The van der Waals surface area contributed by atoms with Crippen molar-refractivity contribution in [3.05, 3.63) is 18.2 Å². The molecule has 1 aromatic rings. The molecule has 0 atom stereocenters. The second kappa shape index (κ2) is 6.61. The first-order valence-corrected chi connectivity index (χ1v) is 5.57. The Hall–Kier alpha value is -1.07.